The van der Waals surface area contributed by atoms with Crippen LogP contribution in [0.4, 0.5) is 0 Å². The van der Waals surface area contributed by atoms with Gasteiger partial charge in [0.05, 0.1) is 6.42 Å². The molecule has 0 aliphatic carbocycles. The minimum Gasteiger partial charge on any atom is -0.339 e. The van der Waals surface area contributed by atoms with Gasteiger partial charge in [0, 0.05) is 24.5 Å². The Labute approximate surface area is 136 Å². The Morgan fingerprint density at radius 2 is 2.32 bits per heavy atom. The number of nitrogens with zero attached hydrogens (tertiary/aromatic N) is 2. The quantitative estimate of drug-likeness (QED) is 0.844. The standard InChI is InChI=1S/C18H22N2OS/c1-14-11-15(6-8-19-14)4-5-17-3-2-9-20(17)18(21)12-16-7-10-22-13-16/h6-8,10-11,13,17H,2-5,9,12H2,1H3/t17-/m0/s1. The molecule has 2 aromatic heterocycles. The third-order valence-electron chi connectivity index (χ3n) is 4.36. The first-order valence-corrected chi connectivity index (χ1v) is 8.89. The van der Waals surface area contributed by atoms with Crippen LogP contribution >= 0.6 is 11.3 Å². The second kappa shape index (κ2) is 7.05. The fourth-order valence-corrected chi connectivity index (χ4v) is 3.90. The molecule has 1 saturated heterocycles. The fraction of sp³-hybridized carbons (Fsp3) is 0.444. The van der Waals surface area contributed by atoms with Crippen molar-refractivity contribution in [3.05, 3.63) is 52.0 Å². The minimum atomic E-state index is 0.284. The highest BCUT2D eigenvalue weighted by Gasteiger charge is 2.28. The van der Waals surface area contributed by atoms with Crippen molar-refractivity contribution in [3.63, 3.8) is 0 Å². The Kier molecular flexibility index (Phi) is 4.88. The molecule has 0 bridgehead atoms. The van der Waals surface area contributed by atoms with E-state index in [1.807, 2.05) is 24.6 Å². The molecular formula is C18H22N2OS. The second-order valence-electron chi connectivity index (χ2n) is 6.04. The third kappa shape index (κ3) is 3.74. The van der Waals surface area contributed by atoms with Crippen LogP contribution in [0.3, 0.4) is 0 Å². The zero-order valence-corrected chi connectivity index (χ0v) is 13.8. The normalized spacial score (nSPS) is 17.9. The van der Waals surface area contributed by atoms with Crippen molar-refractivity contribution in [3.8, 4) is 0 Å². The molecule has 1 atom stereocenters. The third-order valence-corrected chi connectivity index (χ3v) is 5.09. The number of aromatic nitrogens is 1. The number of carbonyl (C=O) groups is 1. The van der Waals surface area contributed by atoms with Gasteiger partial charge < -0.3 is 4.90 Å². The average molecular weight is 314 g/mol. The Hall–Kier alpha value is -1.68. The number of hydrogen-bond acceptors (Lipinski definition) is 3. The molecule has 2 aromatic rings. The number of amides is 1. The van der Waals surface area contributed by atoms with Gasteiger partial charge in [-0.3, -0.25) is 9.78 Å². The largest absolute Gasteiger partial charge is 0.339 e. The van der Waals surface area contributed by atoms with Crippen molar-refractivity contribution < 1.29 is 4.79 Å². The Balaban J connectivity index is 1.57. The molecule has 3 heterocycles. The summed E-state index contributed by atoms with van der Waals surface area (Å²) in [5.74, 6) is 0.284. The van der Waals surface area contributed by atoms with E-state index in [9.17, 15) is 4.79 Å². The van der Waals surface area contributed by atoms with Crippen molar-refractivity contribution in [2.24, 2.45) is 0 Å². The molecule has 1 aliphatic rings. The van der Waals surface area contributed by atoms with Crippen molar-refractivity contribution >= 4 is 17.2 Å². The van der Waals surface area contributed by atoms with Gasteiger partial charge >= 0.3 is 0 Å². The monoisotopic (exact) mass is 314 g/mol. The van der Waals surface area contributed by atoms with Gasteiger partial charge in [0.15, 0.2) is 0 Å². The molecule has 0 saturated carbocycles. The highest BCUT2D eigenvalue weighted by atomic mass is 32.1. The van der Waals surface area contributed by atoms with Crippen LogP contribution < -0.4 is 0 Å². The summed E-state index contributed by atoms with van der Waals surface area (Å²) in [6, 6.07) is 6.68. The van der Waals surface area contributed by atoms with Crippen LogP contribution in [0.5, 0.6) is 0 Å². The van der Waals surface area contributed by atoms with Crippen LogP contribution in [0.1, 0.15) is 36.1 Å². The number of aryl methyl sites for hydroxylation is 2. The highest BCUT2D eigenvalue weighted by molar-refractivity contribution is 7.07. The number of likely N-dealkylation sites (tertiary alicyclic amines) is 1. The number of hydrogen-bond donors (Lipinski definition) is 0. The molecule has 0 unspecified atom stereocenters. The first kappa shape index (κ1) is 15.2. The Morgan fingerprint density at radius 1 is 1.41 bits per heavy atom. The molecule has 116 valence electrons. The van der Waals surface area contributed by atoms with Gasteiger partial charge in [0.1, 0.15) is 0 Å². The van der Waals surface area contributed by atoms with Crippen LogP contribution in [0.15, 0.2) is 35.2 Å². The van der Waals surface area contributed by atoms with E-state index in [4.69, 9.17) is 0 Å². The van der Waals surface area contributed by atoms with Crippen LogP contribution in [-0.4, -0.2) is 28.4 Å². The predicted octanol–water partition coefficient (Wildman–Crippen LogP) is 3.62. The highest BCUT2D eigenvalue weighted by Crippen LogP contribution is 2.23. The lowest BCUT2D eigenvalue weighted by molar-refractivity contribution is -0.131. The molecule has 1 aliphatic heterocycles. The van der Waals surface area contributed by atoms with Crippen LogP contribution in [-0.2, 0) is 17.6 Å². The van der Waals surface area contributed by atoms with Crippen molar-refractivity contribution in [2.75, 3.05) is 6.54 Å². The van der Waals surface area contributed by atoms with E-state index < -0.39 is 0 Å². The summed E-state index contributed by atoms with van der Waals surface area (Å²) in [6.07, 6.45) is 6.77. The lowest BCUT2D eigenvalue weighted by Crippen LogP contribution is -2.36. The van der Waals surface area contributed by atoms with E-state index in [1.165, 1.54) is 5.56 Å². The SMILES string of the molecule is Cc1cc(CC[C@@H]2CCCN2C(=O)Cc2ccsc2)ccn1. The van der Waals surface area contributed by atoms with Gasteiger partial charge in [0.25, 0.3) is 0 Å². The fourth-order valence-electron chi connectivity index (χ4n) is 3.23. The second-order valence-corrected chi connectivity index (χ2v) is 6.82. The van der Waals surface area contributed by atoms with Gasteiger partial charge in [-0.15, -0.1) is 0 Å². The van der Waals surface area contributed by atoms with Crippen LogP contribution in [0, 0.1) is 6.92 Å². The topological polar surface area (TPSA) is 33.2 Å². The summed E-state index contributed by atoms with van der Waals surface area (Å²) < 4.78 is 0. The minimum absolute atomic E-state index is 0.284. The van der Waals surface area contributed by atoms with E-state index in [-0.39, 0.29) is 5.91 Å². The maximum absolute atomic E-state index is 12.5. The van der Waals surface area contributed by atoms with Gasteiger partial charge in [-0.05, 0) is 72.7 Å². The van der Waals surface area contributed by atoms with E-state index in [0.29, 0.717) is 12.5 Å². The van der Waals surface area contributed by atoms with Gasteiger partial charge in [-0.2, -0.15) is 11.3 Å². The molecular weight excluding hydrogens is 292 g/mol. The zero-order valence-electron chi connectivity index (χ0n) is 13.0. The zero-order chi connectivity index (χ0) is 15.4. The summed E-state index contributed by atoms with van der Waals surface area (Å²) in [4.78, 5) is 18.9. The van der Waals surface area contributed by atoms with E-state index in [2.05, 4.69) is 27.4 Å². The lowest BCUT2D eigenvalue weighted by Gasteiger charge is -2.25. The maximum atomic E-state index is 12.5. The van der Waals surface area contributed by atoms with Crippen molar-refractivity contribution in [1.29, 1.82) is 0 Å². The van der Waals surface area contributed by atoms with Gasteiger partial charge in [0.2, 0.25) is 5.91 Å². The summed E-state index contributed by atoms with van der Waals surface area (Å²) in [6.45, 7) is 2.94. The van der Waals surface area contributed by atoms with Crippen LogP contribution in [0.2, 0.25) is 0 Å². The van der Waals surface area contributed by atoms with E-state index in [1.54, 1.807) is 11.3 Å². The molecule has 1 amide bonds. The van der Waals surface area contributed by atoms with Crippen molar-refractivity contribution in [1.82, 2.24) is 9.88 Å². The lowest BCUT2D eigenvalue weighted by atomic mass is 10.0. The van der Waals surface area contributed by atoms with Gasteiger partial charge in [-0.25, -0.2) is 0 Å². The predicted molar refractivity (Wildman–Crippen MR) is 90.1 cm³/mol. The Morgan fingerprint density at radius 3 is 3.09 bits per heavy atom. The first-order valence-electron chi connectivity index (χ1n) is 7.94. The molecule has 0 radical (unpaired) electrons. The van der Waals surface area contributed by atoms with Gasteiger partial charge in [-0.1, -0.05) is 0 Å². The molecule has 22 heavy (non-hydrogen) atoms. The van der Waals surface area contributed by atoms with Crippen LogP contribution in [0.25, 0.3) is 0 Å². The number of pyridine rings is 1. The smallest absolute Gasteiger partial charge is 0.227 e. The molecule has 4 heteroatoms. The summed E-state index contributed by atoms with van der Waals surface area (Å²) in [5, 5.41) is 4.11. The molecule has 0 aromatic carbocycles. The number of rotatable bonds is 5. The molecule has 1 fully saturated rings. The molecule has 0 N–H and O–H groups in total. The van der Waals surface area contributed by atoms with Crippen molar-refractivity contribution in [2.45, 2.75) is 45.1 Å². The number of thiophene rings is 1. The van der Waals surface area contributed by atoms with E-state index in [0.717, 1.165) is 43.5 Å². The number of carbonyl (C=O) groups excluding carboxylic acids is 1. The summed E-state index contributed by atoms with van der Waals surface area (Å²) in [7, 11) is 0. The average Bonchev–Trinajstić information content (AvgIpc) is 3.16. The van der Waals surface area contributed by atoms with E-state index >= 15 is 0 Å². The molecule has 0 spiro atoms. The summed E-state index contributed by atoms with van der Waals surface area (Å²) >= 11 is 1.66. The molecule has 3 rings (SSSR count). The molecule has 3 nitrogen and oxygen atoms in total. The maximum Gasteiger partial charge on any atom is 0.227 e. The Bertz CT molecular complexity index is 624. The first-order chi connectivity index (χ1) is 10.7. The summed E-state index contributed by atoms with van der Waals surface area (Å²) in [5.41, 5.74) is 3.53.